The molecule has 312 valence electrons. The van der Waals surface area contributed by atoms with Gasteiger partial charge in [-0.1, -0.05) is 196 Å². The largest absolute Gasteiger partial charge is 0.310 e. The van der Waals surface area contributed by atoms with Crippen LogP contribution in [-0.4, -0.2) is 4.57 Å². The summed E-state index contributed by atoms with van der Waals surface area (Å²) >= 11 is 0. The average Bonchev–Trinajstić information content (AvgIpc) is 3.87. The summed E-state index contributed by atoms with van der Waals surface area (Å²) in [7, 11) is 0. The van der Waals surface area contributed by atoms with Crippen LogP contribution < -0.4 is 4.90 Å². The second kappa shape index (κ2) is 14.7. The number of hydrogen-bond donors (Lipinski definition) is 0. The van der Waals surface area contributed by atoms with Gasteiger partial charge in [0, 0.05) is 38.9 Å². The molecule has 0 N–H and O–H groups in total. The van der Waals surface area contributed by atoms with Crippen molar-refractivity contribution in [2.24, 2.45) is 0 Å². The molecule has 1 aromatic heterocycles. The fourth-order valence-corrected chi connectivity index (χ4v) is 11.7. The van der Waals surface area contributed by atoms with Crippen molar-refractivity contribution >= 4 is 38.9 Å². The Hall–Kier alpha value is -8.20. The second-order valence-corrected chi connectivity index (χ2v) is 18.5. The number of hydrogen-bond acceptors (Lipinski definition) is 1. The van der Waals surface area contributed by atoms with Crippen LogP contribution in [-0.2, 0) is 10.8 Å². The first-order valence-corrected chi connectivity index (χ1v) is 23.1. The van der Waals surface area contributed by atoms with Gasteiger partial charge in [0.05, 0.1) is 16.4 Å². The molecule has 0 unspecified atom stereocenters. The highest BCUT2D eigenvalue weighted by Gasteiger charge is 2.53. The van der Waals surface area contributed by atoms with Crippen molar-refractivity contribution in [1.29, 1.82) is 0 Å². The second-order valence-electron chi connectivity index (χ2n) is 18.5. The molecule has 0 saturated carbocycles. The van der Waals surface area contributed by atoms with E-state index in [0.29, 0.717) is 0 Å². The Labute approximate surface area is 386 Å². The normalized spacial score (nSPS) is 13.8. The van der Waals surface area contributed by atoms with E-state index in [0.717, 1.165) is 22.7 Å². The molecule has 1 spiro atoms. The van der Waals surface area contributed by atoms with Gasteiger partial charge in [-0.3, -0.25) is 0 Å². The Morgan fingerprint density at radius 2 is 0.833 bits per heavy atom. The predicted octanol–water partition coefficient (Wildman–Crippen LogP) is 16.6. The summed E-state index contributed by atoms with van der Waals surface area (Å²) in [5.74, 6) is 0. The molecule has 2 nitrogen and oxygen atoms in total. The Kier molecular flexibility index (Phi) is 8.51. The molecule has 0 radical (unpaired) electrons. The Morgan fingerprint density at radius 3 is 1.58 bits per heavy atom. The first-order chi connectivity index (χ1) is 32.5. The lowest BCUT2D eigenvalue weighted by molar-refractivity contribution is 0.563. The molecule has 2 aliphatic rings. The highest BCUT2D eigenvalue weighted by Crippen LogP contribution is 2.62. The highest BCUT2D eigenvalue weighted by molar-refractivity contribution is 6.10. The van der Waals surface area contributed by atoms with Crippen molar-refractivity contribution in [3.05, 3.63) is 276 Å². The number of anilines is 3. The lowest BCUT2D eigenvalue weighted by atomic mass is 9.55. The molecule has 10 aromatic carbocycles. The minimum Gasteiger partial charge on any atom is -0.310 e. The smallest absolute Gasteiger partial charge is 0.0719 e. The summed E-state index contributed by atoms with van der Waals surface area (Å²) in [6.45, 7) is 4.78. The van der Waals surface area contributed by atoms with E-state index >= 15 is 0 Å². The maximum absolute atomic E-state index is 2.50. The van der Waals surface area contributed by atoms with E-state index in [4.69, 9.17) is 0 Å². The maximum atomic E-state index is 2.50. The van der Waals surface area contributed by atoms with Crippen LogP contribution >= 0.6 is 0 Å². The van der Waals surface area contributed by atoms with Crippen LogP contribution in [0.25, 0.3) is 60.9 Å². The molecule has 2 aliphatic carbocycles. The monoisotopic (exact) mass is 842 g/mol. The summed E-state index contributed by atoms with van der Waals surface area (Å²) in [4.78, 5) is 2.42. The third-order valence-electron chi connectivity index (χ3n) is 14.7. The van der Waals surface area contributed by atoms with Crippen LogP contribution in [0.15, 0.2) is 243 Å². The summed E-state index contributed by atoms with van der Waals surface area (Å²) in [6, 6.07) is 90.0. The Bertz CT molecular complexity index is 3620. The van der Waals surface area contributed by atoms with Gasteiger partial charge in [-0.15, -0.1) is 0 Å². The van der Waals surface area contributed by atoms with Crippen LogP contribution in [0.1, 0.15) is 47.2 Å². The van der Waals surface area contributed by atoms with Gasteiger partial charge < -0.3 is 9.47 Å². The molecule has 0 amide bonds. The number of benzene rings is 10. The van der Waals surface area contributed by atoms with Crippen molar-refractivity contribution in [3.63, 3.8) is 0 Å². The van der Waals surface area contributed by atoms with Gasteiger partial charge in [0.15, 0.2) is 0 Å². The third-order valence-corrected chi connectivity index (χ3v) is 14.7. The van der Waals surface area contributed by atoms with E-state index in [9.17, 15) is 0 Å². The van der Waals surface area contributed by atoms with Gasteiger partial charge in [0.2, 0.25) is 0 Å². The summed E-state index contributed by atoms with van der Waals surface area (Å²) in [5.41, 5.74) is 21.8. The van der Waals surface area contributed by atoms with Gasteiger partial charge in [-0.05, 0) is 127 Å². The lowest BCUT2D eigenvalue weighted by Crippen LogP contribution is -2.40. The minimum atomic E-state index is -0.457. The first-order valence-electron chi connectivity index (χ1n) is 23.1. The zero-order valence-corrected chi connectivity index (χ0v) is 37.0. The molecular weight excluding hydrogens is 797 g/mol. The van der Waals surface area contributed by atoms with E-state index < -0.39 is 5.41 Å². The standard InChI is InChI=1S/C64H46N2/c1-63(2)56-27-12-14-29-58(56)64(59-30-15-13-28-57(59)63)55-26-11-9-24-51(55)52-38-34-46(41-60(52)64)45-20-17-23-49(40-45)65(48-35-32-44(33-36-48)43-18-5-3-6-19-43)50-37-39-54-53-25-10-16-31-61(53)66(62(54)42-50)47-21-7-4-8-22-47/h3-42H,1-2H3. The van der Waals surface area contributed by atoms with Crippen LogP contribution in [0, 0.1) is 0 Å². The van der Waals surface area contributed by atoms with E-state index in [1.807, 2.05) is 0 Å². The molecule has 66 heavy (non-hydrogen) atoms. The minimum absolute atomic E-state index is 0.149. The van der Waals surface area contributed by atoms with Crippen molar-refractivity contribution in [1.82, 2.24) is 4.57 Å². The number of nitrogens with zero attached hydrogens (tertiary/aromatic N) is 2. The number of aromatic nitrogens is 1. The molecule has 11 aromatic rings. The van der Waals surface area contributed by atoms with Gasteiger partial charge in [-0.2, -0.15) is 0 Å². The summed E-state index contributed by atoms with van der Waals surface area (Å²) in [6.07, 6.45) is 0. The zero-order valence-electron chi connectivity index (χ0n) is 37.0. The molecule has 0 aliphatic heterocycles. The first kappa shape index (κ1) is 38.3. The summed E-state index contributed by atoms with van der Waals surface area (Å²) < 4.78 is 2.41. The van der Waals surface area contributed by atoms with Crippen molar-refractivity contribution in [2.75, 3.05) is 4.90 Å². The van der Waals surface area contributed by atoms with Gasteiger partial charge >= 0.3 is 0 Å². The van der Waals surface area contributed by atoms with Crippen LogP contribution in [0.4, 0.5) is 17.1 Å². The van der Waals surface area contributed by atoms with Crippen molar-refractivity contribution < 1.29 is 0 Å². The van der Waals surface area contributed by atoms with Crippen molar-refractivity contribution in [2.45, 2.75) is 24.7 Å². The zero-order chi connectivity index (χ0) is 44.0. The molecular formula is C64H46N2. The fourth-order valence-electron chi connectivity index (χ4n) is 11.7. The Morgan fingerprint density at radius 1 is 0.318 bits per heavy atom. The Balaban J connectivity index is 1.01. The molecule has 0 atom stereocenters. The topological polar surface area (TPSA) is 8.17 Å². The molecule has 2 heteroatoms. The molecule has 1 heterocycles. The van der Waals surface area contributed by atoms with E-state index in [2.05, 4.69) is 266 Å². The molecule has 0 bridgehead atoms. The van der Waals surface area contributed by atoms with Crippen LogP contribution in [0.3, 0.4) is 0 Å². The maximum Gasteiger partial charge on any atom is 0.0719 e. The lowest BCUT2D eigenvalue weighted by Gasteiger charge is -2.46. The fraction of sp³-hybridized carbons (Fsp3) is 0.0625. The number of fused-ring (bicyclic) bond motifs is 12. The molecule has 0 fully saturated rings. The highest BCUT2D eigenvalue weighted by atomic mass is 15.1. The predicted molar refractivity (Wildman–Crippen MR) is 276 cm³/mol. The van der Waals surface area contributed by atoms with Crippen LogP contribution in [0.2, 0.25) is 0 Å². The third kappa shape index (κ3) is 5.55. The SMILES string of the molecule is CC1(C)c2ccccc2C2(c3ccccc3-c3ccc(-c4cccc(N(c5ccc(-c6ccccc6)cc5)c5ccc6c7ccccc7n(-c7ccccc7)c6c5)c4)cc32)c2ccccc21. The number of para-hydroxylation sites is 2. The summed E-state index contributed by atoms with van der Waals surface area (Å²) in [5, 5.41) is 2.47. The van der Waals surface area contributed by atoms with Gasteiger partial charge in [0.1, 0.15) is 0 Å². The van der Waals surface area contributed by atoms with Gasteiger partial charge in [-0.25, -0.2) is 0 Å². The molecule has 0 saturated heterocycles. The van der Waals surface area contributed by atoms with E-state index in [1.165, 1.54) is 88.6 Å². The van der Waals surface area contributed by atoms with E-state index in [1.54, 1.807) is 0 Å². The average molecular weight is 843 g/mol. The van der Waals surface area contributed by atoms with E-state index in [-0.39, 0.29) is 5.41 Å². The van der Waals surface area contributed by atoms with Crippen molar-refractivity contribution in [3.8, 4) is 39.1 Å². The quantitative estimate of drug-likeness (QED) is 0.162. The number of rotatable bonds is 6. The van der Waals surface area contributed by atoms with Crippen LogP contribution in [0.5, 0.6) is 0 Å². The molecule has 13 rings (SSSR count). The van der Waals surface area contributed by atoms with Gasteiger partial charge in [0.25, 0.3) is 0 Å².